The minimum absolute atomic E-state index is 0.153. The van der Waals surface area contributed by atoms with Gasteiger partial charge in [-0.2, -0.15) is 5.10 Å². The Labute approximate surface area is 121 Å². The number of hydrogen-bond acceptors (Lipinski definition) is 5. The number of aromatic nitrogens is 4. The zero-order valence-electron chi connectivity index (χ0n) is 12.5. The number of nitrogens with two attached hydrogens (primary N) is 1. The Hall–Kier alpha value is -2.51. The maximum absolute atomic E-state index is 12.2. The molecule has 8 heteroatoms. The summed E-state index contributed by atoms with van der Waals surface area (Å²) in [5, 5.41) is 6.96. The van der Waals surface area contributed by atoms with Gasteiger partial charge in [0.25, 0.3) is 5.56 Å². The van der Waals surface area contributed by atoms with E-state index in [2.05, 4.69) is 10.4 Å². The summed E-state index contributed by atoms with van der Waals surface area (Å²) in [4.78, 5) is 24.4. The van der Waals surface area contributed by atoms with Crippen LogP contribution in [0.2, 0.25) is 0 Å². The molecule has 0 aliphatic rings. The number of rotatable bonds is 5. The predicted octanol–water partition coefficient (Wildman–Crippen LogP) is 0.406. The monoisotopic (exact) mass is 292 g/mol. The first-order valence-corrected chi connectivity index (χ1v) is 6.80. The summed E-state index contributed by atoms with van der Waals surface area (Å²) in [6.07, 6.45) is 5.05. The van der Waals surface area contributed by atoms with Crippen molar-refractivity contribution in [2.75, 3.05) is 11.1 Å². The lowest BCUT2D eigenvalue weighted by Crippen LogP contribution is -2.40. The van der Waals surface area contributed by atoms with Crippen LogP contribution < -0.4 is 22.3 Å². The molecule has 8 nitrogen and oxygen atoms in total. The molecule has 0 radical (unpaired) electrons. The average Bonchev–Trinajstić information content (AvgIpc) is 2.87. The highest BCUT2D eigenvalue weighted by Crippen LogP contribution is 2.17. The van der Waals surface area contributed by atoms with Crippen LogP contribution in [0.1, 0.15) is 19.8 Å². The van der Waals surface area contributed by atoms with E-state index in [1.54, 1.807) is 24.1 Å². The molecule has 0 aromatic carbocycles. The SMILES string of the molecule is CCCCn1c(N)c(Nc2cnn(C)c2)c(=O)n(C)c1=O. The number of anilines is 3. The van der Waals surface area contributed by atoms with Crippen LogP contribution in [-0.2, 0) is 20.6 Å². The number of unbranched alkanes of at least 4 members (excludes halogenated alkanes) is 1. The lowest BCUT2D eigenvalue weighted by molar-refractivity contribution is 0.576. The van der Waals surface area contributed by atoms with Crippen molar-refractivity contribution in [1.29, 1.82) is 0 Å². The van der Waals surface area contributed by atoms with Crippen LogP contribution in [0.5, 0.6) is 0 Å². The Morgan fingerprint density at radius 2 is 2.05 bits per heavy atom. The fourth-order valence-electron chi connectivity index (χ4n) is 2.06. The predicted molar refractivity (Wildman–Crippen MR) is 81.8 cm³/mol. The van der Waals surface area contributed by atoms with Crippen LogP contribution in [0.25, 0.3) is 0 Å². The van der Waals surface area contributed by atoms with E-state index in [9.17, 15) is 9.59 Å². The molecule has 0 aliphatic heterocycles. The normalized spacial score (nSPS) is 10.8. The van der Waals surface area contributed by atoms with E-state index in [1.807, 2.05) is 6.92 Å². The molecule has 0 fully saturated rings. The van der Waals surface area contributed by atoms with Crippen LogP contribution in [0.4, 0.5) is 17.2 Å². The van der Waals surface area contributed by atoms with Gasteiger partial charge in [0.15, 0.2) is 0 Å². The summed E-state index contributed by atoms with van der Waals surface area (Å²) in [5.74, 6) is 0.153. The largest absolute Gasteiger partial charge is 0.383 e. The molecule has 0 aliphatic carbocycles. The number of nitrogens with zero attached hydrogens (tertiary/aromatic N) is 4. The van der Waals surface area contributed by atoms with Gasteiger partial charge >= 0.3 is 5.69 Å². The molecule has 0 saturated heterocycles. The second-order valence-corrected chi connectivity index (χ2v) is 4.94. The number of nitrogens with one attached hydrogen (secondary N) is 1. The van der Waals surface area contributed by atoms with Gasteiger partial charge in [-0.05, 0) is 6.42 Å². The van der Waals surface area contributed by atoms with Crippen molar-refractivity contribution < 1.29 is 0 Å². The van der Waals surface area contributed by atoms with E-state index < -0.39 is 11.2 Å². The summed E-state index contributed by atoms with van der Waals surface area (Å²) < 4.78 is 4.09. The van der Waals surface area contributed by atoms with Crippen molar-refractivity contribution in [3.63, 3.8) is 0 Å². The van der Waals surface area contributed by atoms with E-state index in [1.165, 1.54) is 11.6 Å². The first-order valence-electron chi connectivity index (χ1n) is 6.80. The number of hydrogen-bond donors (Lipinski definition) is 2. The molecule has 2 heterocycles. The summed E-state index contributed by atoms with van der Waals surface area (Å²) in [6.45, 7) is 2.51. The zero-order chi connectivity index (χ0) is 15.6. The molecule has 2 rings (SSSR count). The van der Waals surface area contributed by atoms with Crippen LogP contribution in [0.15, 0.2) is 22.0 Å². The Morgan fingerprint density at radius 3 is 2.62 bits per heavy atom. The first kappa shape index (κ1) is 14.9. The topological polar surface area (TPSA) is 99.9 Å². The van der Waals surface area contributed by atoms with E-state index in [0.29, 0.717) is 12.2 Å². The van der Waals surface area contributed by atoms with E-state index in [-0.39, 0.29) is 11.5 Å². The molecule has 0 unspecified atom stereocenters. The molecule has 0 saturated carbocycles. The summed E-state index contributed by atoms with van der Waals surface area (Å²) in [6, 6.07) is 0. The fraction of sp³-hybridized carbons (Fsp3) is 0.462. The van der Waals surface area contributed by atoms with Gasteiger partial charge in [0.05, 0.1) is 11.9 Å². The minimum atomic E-state index is -0.450. The maximum atomic E-state index is 12.2. The highest BCUT2D eigenvalue weighted by Gasteiger charge is 2.15. The lowest BCUT2D eigenvalue weighted by Gasteiger charge is -2.15. The van der Waals surface area contributed by atoms with Gasteiger partial charge in [-0.3, -0.25) is 18.6 Å². The van der Waals surface area contributed by atoms with Crippen LogP contribution in [0, 0.1) is 0 Å². The quantitative estimate of drug-likeness (QED) is 0.831. The third-order valence-corrected chi connectivity index (χ3v) is 3.29. The number of nitrogen functional groups attached to an aromatic ring is 1. The molecular formula is C13H20N6O2. The Balaban J connectivity index is 2.52. The molecule has 2 aromatic heterocycles. The molecule has 0 atom stereocenters. The second-order valence-electron chi connectivity index (χ2n) is 4.94. The maximum Gasteiger partial charge on any atom is 0.332 e. The molecule has 114 valence electrons. The van der Waals surface area contributed by atoms with Gasteiger partial charge in [-0.1, -0.05) is 13.3 Å². The van der Waals surface area contributed by atoms with Crippen molar-refractivity contribution in [2.24, 2.45) is 14.1 Å². The molecule has 0 amide bonds. The Bertz CT molecular complexity index is 755. The van der Waals surface area contributed by atoms with Crippen LogP contribution in [0.3, 0.4) is 0 Å². The third kappa shape index (κ3) is 2.83. The van der Waals surface area contributed by atoms with E-state index >= 15 is 0 Å². The lowest BCUT2D eigenvalue weighted by atomic mass is 10.3. The molecular weight excluding hydrogens is 272 g/mol. The average molecular weight is 292 g/mol. The highest BCUT2D eigenvalue weighted by atomic mass is 16.2. The molecule has 21 heavy (non-hydrogen) atoms. The third-order valence-electron chi connectivity index (χ3n) is 3.29. The van der Waals surface area contributed by atoms with Gasteiger partial charge in [0.1, 0.15) is 11.5 Å². The van der Waals surface area contributed by atoms with Crippen molar-refractivity contribution in [3.8, 4) is 0 Å². The standard InChI is InChI=1S/C13H20N6O2/c1-4-5-6-19-11(14)10(12(20)18(3)13(19)21)16-9-7-15-17(2)8-9/h7-8,16H,4-6,14H2,1-3H3. The van der Waals surface area contributed by atoms with E-state index in [4.69, 9.17) is 5.73 Å². The van der Waals surface area contributed by atoms with Gasteiger partial charge < -0.3 is 11.1 Å². The van der Waals surface area contributed by atoms with Crippen LogP contribution >= 0.6 is 0 Å². The molecule has 0 bridgehead atoms. The smallest absolute Gasteiger partial charge is 0.332 e. The summed E-state index contributed by atoms with van der Waals surface area (Å²) >= 11 is 0. The second kappa shape index (κ2) is 5.86. The van der Waals surface area contributed by atoms with E-state index in [0.717, 1.165) is 17.4 Å². The number of aryl methyl sites for hydroxylation is 1. The van der Waals surface area contributed by atoms with Crippen molar-refractivity contribution in [1.82, 2.24) is 18.9 Å². The Morgan fingerprint density at radius 1 is 1.33 bits per heavy atom. The highest BCUT2D eigenvalue weighted by molar-refractivity contribution is 5.68. The van der Waals surface area contributed by atoms with Crippen molar-refractivity contribution >= 4 is 17.2 Å². The van der Waals surface area contributed by atoms with Gasteiger partial charge in [0, 0.05) is 26.8 Å². The van der Waals surface area contributed by atoms with Crippen molar-refractivity contribution in [3.05, 3.63) is 33.2 Å². The van der Waals surface area contributed by atoms with Gasteiger partial charge in [-0.15, -0.1) is 0 Å². The molecule has 3 N–H and O–H groups in total. The minimum Gasteiger partial charge on any atom is -0.383 e. The first-order chi connectivity index (χ1) is 9.95. The Kier molecular flexibility index (Phi) is 4.15. The van der Waals surface area contributed by atoms with Gasteiger partial charge in [0.2, 0.25) is 0 Å². The molecule has 0 spiro atoms. The summed E-state index contributed by atoms with van der Waals surface area (Å²) in [5.41, 5.74) is 6.00. The van der Waals surface area contributed by atoms with Gasteiger partial charge in [-0.25, -0.2) is 4.79 Å². The fourth-order valence-corrected chi connectivity index (χ4v) is 2.06. The molecule has 2 aromatic rings. The van der Waals surface area contributed by atoms with Crippen LogP contribution in [-0.4, -0.2) is 18.9 Å². The zero-order valence-corrected chi connectivity index (χ0v) is 12.5. The summed E-state index contributed by atoms with van der Waals surface area (Å²) in [7, 11) is 3.22. The van der Waals surface area contributed by atoms with Crippen molar-refractivity contribution in [2.45, 2.75) is 26.3 Å².